The number of amides is 2. The molecule has 6 nitrogen and oxygen atoms in total. The summed E-state index contributed by atoms with van der Waals surface area (Å²) in [4.78, 5) is 30.6. The number of benzene rings is 2. The van der Waals surface area contributed by atoms with Gasteiger partial charge in [-0.1, -0.05) is 55.5 Å². The molecule has 2 amide bonds. The smallest absolute Gasteiger partial charge is 0.239 e. The summed E-state index contributed by atoms with van der Waals surface area (Å²) in [5.41, 5.74) is 3.54. The van der Waals surface area contributed by atoms with Crippen molar-refractivity contribution in [1.82, 2.24) is 20.5 Å². The molecule has 7 heteroatoms. The molecule has 0 aliphatic heterocycles. The van der Waals surface area contributed by atoms with Gasteiger partial charge >= 0.3 is 0 Å². The summed E-state index contributed by atoms with van der Waals surface area (Å²) in [5.74, 6) is -0.155. The highest BCUT2D eigenvalue weighted by Gasteiger charge is 2.38. The summed E-state index contributed by atoms with van der Waals surface area (Å²) in [7, 11) is 4.28. The minimum atomic E-state index is -0.116. The van der Waals surface area contributed by atoms with Gasteiger partial charge < -0.3 is 15.6 Å². The normalized spacial score (nSPS) is 20.7. The number of hydrogen-bond acceptors (Lipinski definition) is 3. The zero-order chi connectivity index (χ0) is 24.1. The van der Waals surface area contributed by atoms with E-state index in [1.807, 2.05) is 37.4 Å². The molecule has 0 radical (unpaired) electrons. The van der Waals surface area contributed by atoms with E-state index in [0.29, 0.717) is 6.42 Å². The first kappa shape index (κ1) is 26.8. The molecule has 1 aromatic heterocycles. The minimum absolute atomic E-state index is 0. The molecular formula is C28H37ClN4O2. The molecule has 1 atom stereocenters. The Hall–Kier alpha value is -2.83. The summed E-state index contributed by atoms with van der Waals surface area (Å²) in [6.45, 7) is 2.06. The van der Waals surface area contributed by atoms with Crippen LogP contribution in [0.2, 0.25) is 0 Å². The Morgan fingerprint density at radius 2 is 1.69 bits per heavy atom. The lowest BCUT2D eigenvalue weighted by Crippen LogP contribution is -2.50. The summed E-state index contributed by atoms with van der Waals surface area (Å²) < 4.78 is 0. The van der Waals surface area contributed by atoms with Gasteiger partial charge in [-0.25, -0.2) is 0 Å². The maximum Gasteiger partial charge on any atom is 0.239 e. The largest absolute Gasteiger partial charge is 0.361 e. The standard InChI is InChI=1S/C28H36N4O2.ClH/c1-20(24-18-29-25-12-8-7-11-23(24)25)17-26(33)30-19-27(34)31-22-13-15-28(16-14-22,32(2)3)21-9-5-4-6-10-21;/h4-12,18,20,22,29H,13-17,19H2,1-3H3,(H,30,33)(H,31,34);1H. The summed E-state index contributed by atoms with van der Waals surface area (Å²) in [6, 6.07) is 18.9. The number of halogens is 1. The number of carbonyl (C=O) groups excluding carboxylic acids is 2. The molecule has 4 rings (SSSR count). The van der Waals surface area contributed by atoms with E-state index >= 15 is 0 Å². The third-order valence-corrected chi connectivity index (χ3v) is 7.43. The van der Waals surface area contributed by atoms with Gasteiger partial charge in [0.1, 0.15) is 0 Å². The van der Waals surface area contributed by atoms with Gasteiger partial charge in [0.2, 0.25) is 11.8 Å². The van der Waals surface area contributed by atoms with Gasteiger partial charge in [-0.05, 0) is 62.9 Å². The molecule has 1 unspecified atom stereocenters. The van der Waals surface area contributed by atoms with E-state index in [1.54, 1.807) is 0 Å². The molecular weight excluding hydrogens is 460 g/mol. The second-order valence-electron chi connectivity index (χ2n) is 9.81. The molecule has 0 bridgehead atoms. The first-order chi connectivity index (χ1) is 16.4. The van der Waals surface area contributed by atoms with Crippen LogP contribution in [0.1, 0.15) is 56.1 Å². The molecule has 2 aromatic carbocycles. The molecule has 3 N–H and O–H groups in total. The predicted octanol–water partition coefficient (Wildman–Crippen LogP) is 4.72. The fourth-order valence-corrected chi connectivity index (χ4v) is 5.40. The van der Waals surface area contributed by atoms with Crippen molar-refractivity contribution in [3.8, 4) is 0 Å². The average molecular weight is 497 g/mol. The lowest BCUT2D eigenvalue weighted by atomic mass is 9.74. The maximum absolute atomic E-state index is 12.5. The van der Waals surface area contributed by atoms with Gasteiger partial charge in [0.25, 0.3) is 0 Å². The average Bonchev–Trinajstić information content (AvgIpc) is 3.28. The third kappa shape index (κ3) is 6.06. The molecule has 1 aliphatic rings. The van der Waals surface area contributed by atoms with Crippen LogP contribution >= 0.6 is 12.4 Å². The highest BCUT2D eigenvalue weighted by molar-refractivity contribution is 5.87. The molecule has 3 aromatic rings. The first-order valence-corrected chi connectivity index (χ1v) is 12.2. The topological polar surface area (TPSA) is 77.2 Å². The summed E-state index contributed by atoms with van der Waals surface area (Å²) in [6.07, 6.45) is 6.14. The van der Waals surface area contributed by atoms with E-state index in [4.69, 9.17) is 0 Å². The van der Waals surface area contributed by atoms with E-state index in [9.17, 15) is 9.59 Å². The highest BCUT2D eigenvalue weighted by atomic mass is 35.5. The number of nitrogens with one attached hydrogen (secondary N) is 3. The monoisotopic (exact) mass is 496 g/mol. The van der Waals surface area contributed by atoms with Crippen molar-refractivity contribution in [3.63, 3.8) is 0 Å². The van der Waals surface area contributed by atoms with Gasteiger partial charge in [0, 0.05) is 35.1 Å². The number of hydrogen-bond donors (Lipinski definition) is 3. The quantitative estimate of drug-likeness (QED) is 0.422. The fraction of sp³-hybridized carbons (Fsp3) is 0.429. The molecule has 35 heavy (non-hydrogen) atoms. The lowest BCUT2D eigenvalue weighted by Gasteiger charge is -2.45. The molecule has 0 spiro atoms. The Morgan fingerprint density at radius 3 is 2.37 bits per heavy atom. The number of aromatic amines is 1. The van der Waals surface area contributed by atoms with Gasteiger partial charge in [-0.2, -0.15) is 0 Å². The number of carbonyl (C=O) groups is 2. The summed E-state index contributed by atoms with van der Waals surface area (Å²) >= 11 is 0. The van der Waals surface area contributed by atoms with Crippen LogP contribution in [0, 0.1) is 0 Å². The number of fused-ring (bicyclic) bond motifs is 1. The van der Waals surface area contributed by atoms with Crippen LogP contribution in [-0.2, 0) is 15.1 Å². The molecule has 1 heterocycles. The predicted molar refractivity (Wildman–Crippen MR) is 144 cm³/mol. The number of rotatable bonds is 8. The third-order valence-electron chi connectivity index (χ3n) is 7.43. The second kappa shape index (κ2) is 11.7. The van der Waals surface area contributed by atoms with Crippen LogP contribution < -0.4 is 10.6 Å². The van der Waals surface area contributed by atoms with Crippen LogP contribution in [0.25, 0.3) is 10.9 Å². The Bertz CT molecular complexity index is 1120. The van der Waals surface area contributed by atoms with Crippen molar-refractivity contribution in [2.24, 2.45) is 0 Å². The Kier molecular flexibility index (Phi) is 8.98. The molecule has 1 saturated carbocycles. The highest BCUT2D eigenvalue weighted by Crippen LogP contribution is 2.41. The SMILES string of the molecule is CC(CC(=O)NCC(=O)NC1CCC(c2ccccc2)(N(C)C)CC1)c1c[nH]c2ccccc12.Cl. The molecule has 0 saturated heterocycles. The van der Waals surface area contributed by atoms with Crippen molar-refractivity contribution in [2.75, 3.05) is 20.6 Å². The fourth-order valence-electron chi connectivity index (χ4n) is 5.40. The van der Waals surface area contributed by atoms with Crippen molar-refractivity contribution in [1.29, 1.82) is 0 Å². The van der Waals surface area contributed by atoms with Crippen molar-refractivity contribution in [3.05, 3.63) is 71.9 Å². The van der Waals surface area contributed by atoms with Gasteiger partial charge in [-0.3, -0.25) is 14.5 Å². The Morgan fingerprint density at radius 1 is 1.03 bits per heavy atom. The van der Waals surface area contributed by atoms with E-state index in [-0.39, 0.29) is 48.3 Å². The van der Waals surface area contributed by atoms with Crippen LogP contribution in [0.4, 0.5) is 0 Å². The number of nitrogens with zero attached hydrogens (tertiary/aromatic N) is 1. The lowest BCUT2D eigenvalue weighted by molar-refractivity contribution is -0.126. The second-order valence-corrected chi connectivity index (χ2v) is 9.81. The van der Waals surface area contributed by atoms with E-state index in [2.05, 4.69) is 64.9 Å². The van der Waals surface area contributed by atoms with E-state index < -0.39 is 0 Å². The van der Waals surface area contributed by atoms with Crippen LogP contribution in [0.15, 0.2) is 60.8 Å². The van der Waals surface area contributed by atoms with Crippen LogP contribution in [0.5, 0.6) is 0 Å². The zero-order valence-electron chi connectivity index (χ0n) is 20.8. The van der Waals surface area contributed by atoms with Crippen molar-refractivity contribution < 1.29 is 9.59 Å². The number of aromatic nitrogens is 1. The van der Waals surface area contributed by atoms with Crippen LogP contribution in [0.3, 0.4) is 0 Å². The Labute approximate surface area is 214 Å². The van der Waals surface area contributed by atoms with Gasteiger partial charge in [0.05, 0.1) is 6.54 Å². The molecule has 1 aliphatic carbocycles. The first-order valence-electron chi connectivity index (χ1n) is 12.2. The zero-order valence-corrected chi connectivity index (χ0v) is 21.7. The molecule has 1 fully saturated rings. The van der Waals surface area contributed by atoms with E-state index in [1.165, 1.54) is 5.56 Å². The van der Waals surface area contributed by atoms with Crippen molar-refractivity contribution >= 4 is 35.1 Å². The van der Waals surface area contributed by atoms with Crippen LogP contribution in [-0.4, -0.2) is 48.4 Å². The molecule has 188 valence electrons. The van der Waals surface area contributed by atoms with Gasteiger partial charge in [0.15, 0.2) is 0 Å². The maximum atomic E-state index is 12.5. The Balaban J connectivity index is 0.00000342. The number of H-pyrrole nitrogens is 1. The van der Waals surface area contributed by atoms with Gasteiger partial charge in [-0.15, -0.1) is 12.4 Å². The number of para-hydroxylation sites is 1. The minimum Gasteiger partial charge on any atom is -0.361 e. The van der Waals surface area contributed by atoms with E-state index in [0.717, 1.165) is 42.1 Å². The summed E-state index contributed by atoms with van der Waals surface area (Å²) in [5, 5.41) is 7.07. The van der Waals surface area contributed by atoms with Crippen molar-refractivity contribution in [2.45, 2.75) is 56.5 Å².